The van der Waals surface area contributed by atoms with E-state index in [4.69, 9.17) is 5.53 Å². The summed E-state index contributed by atoms with van der Waals surface area (Å²) >= 11 is 0. The number of rotatable bonds is 2. The zero-order valence-corrected chi connectivity index (χ0v) is 7.23. The van der Waals surface area contributed by atoms with Crippen molar-refractivity contribution in [1.82, 2.24) is 0 Å². The molecule has 12 heavy (non-hydrogen) atoms. The van der Waals surface area contributed by atoms with E-state index in [0.29, 0.717) is 0 Å². The van der Waals surface area contributed by atoms with Crippen molar-refractivity contribution >= 4 is 12.0 Å². The lowest BCUT2D eigenvalue weighted by molar-refractivity contribution is 0.00163. The van der Waals surface area contributed by atoms with E-state index < -0.39 is 0 Å². The van der Waals surface area contributed by atoms with Gasteiger partial charge in [-0.3, -0.25) is 0 Å². The zero-order chi connectivity index (χ0) is 8.97. The van der Waals surface area contributed by atoms with E-state index in [1.807, 2.05) is 38.2 Å². The molecule has 0 amide bonds. The maximum Gasteiger partial charge on any atom is 0.321 e. The van der Waals surface area contributed by atoms with Crippen molar-refractivity contribution in [2.75, 3.05) is 11.9 Å². The third-order valence-electron chi connectivity index (χ3n) is 1.63. The summed E-state index contributed by atoms with van der Waals surface area (Å²) in [6.45, 7) is 2.02. The molecule has 1 aromatic carbocycles. The van der Waals surface area contributed by atoms with E-state index in [1.165, 1.54) is 11.9 Å². The zero-order valence-electron chi connectivity index (χ0n) is 7.23. The third-order valence-corrected chi connectivity index (χ3v) is 1.63. The van der Waals surface area contributed by atoms with Crippen molar-refractivity contribution in [1.29, 1.82) is 0 Å². The number of hydrogen-bond acceptors (Lipinski definition) is 0. The Morgan fingerprint density at radius 2 is 2.25 bits per heavy atom. The van der Waals surface area contributed by atoms with Crippen LogP contribution in [0.3, 0.4) is 0 Å². The van der Waals surface area contributed by atoms with Gasteiger partial charge < -0.3 is 10.3 Å². The molecule has 0 atom stereocenters. The molecule has 0 spiro atoms. The fourth-order valence-electron chi connectivity index (χ4n) is 0.991. The molecule has 62 valence electrons. The lowest BCUT2D eigenvalue weighted by Gasteiger charge is -2.04. The Labute approximate surface area is 71.9 Å². The fraction of sp³-hybridized carbons (Fsp3) is 0.222. The van der Waals surface area contributed by atoms with Crippen molar-refractivity contribution in [2.24, 2.45) is 0 Å². The van der Waals surface area contributed by atoms with E-state index in [2.05, 4.69) is 4.79 Å². The van der Waals surface area contributed by atoms with Gasteiger partial charge in [0.15, 0.2) is 0 Å². The molecule has 0 radical (unpaired) electrons. The Hall–Kier alpha value is -1.60. The molecule has 0 aliphatic carbocycles. The summed E-state index contributed by atoms with van der Waals surface area (Å²) in [7, 11) is 1.83. The minimum absolute atomic E-state index is 1.01. The maximum absolute atomic E-state index is 8.30. The summed E-state index contributed by atoms with van der Waals surface area (Å²) in [5.74, 6) is 0. The Morgan fingerprint density at radius 1 is 1.50 bits per heavy atom. The van der Waals surface area contributed by atoms with Crippen molar-refractivity contribution in [3.63, 3.8) is 0 Å². The van der Waals surface area contributed by atoms with Gasteiger partial charge in [0.05, 0.1) is 7.05 Å². The molecule has 1 rings (SSSR count). The summed E-state index contributed by atoms with van der Waals surface area (Å²) in [4.78, 5) is 4.69. The first-order valence-electron chi connectivity index (χ1n) is 3.71. The van der Waals surface area contributed by atoms with Crippen LogP contribution >= 0.6 is 0 Å². The molecule has 0 unspecified atom stereocenters. The first-order chi connectivity index (χ1) is 5.74. The summed E-state index contributed by atoms with van der Waals surface area (Å²) in [5, 5.41) is 0. The predicted octanol–water partition coefficient (Wildman–Crippen LogP) is 1.69. The van der Waals surface area contributed by atoms with Crippen molar-refractivity contribution in [2.45, 2.75) is 6.92 Å². The Balaban J connectivity index is 2.94. The number of anilines is 1. The standard InChI is InChI=1S/C9H11N3/c1-8-4-3-5-9(6-8)12(2)7-11-10/h3-7H,1-2H3. The van der Waals surface area contributed by atoms with Crippen molar-refractivity contribution < 1.29 is 4.79 Å². The summed E-state index contributed by atoms with van der Waals surface area (Å²) in [5.41, 5.74) is 10.5. The molecule has 0 fully saturated rings. The van der Waals surface area contributed by atoms with Gasteiger partial charge in [-0.25, -0.2) is 4.90 Å². The van der Waals surface area contributed by atoms with Crippen LogP contribution in [0.2, 0.25) is 0 Å². The van der Waals surface area contributed by atoms with Crippen LogP contribution in [0, 0.1) is 6.92 Å². The highest BCUT2D eigenvalue weighted by molar-refractivity contribution is 5.74. The van der Waals surface area contributed by atoms with Gasteiger partial charge in [-0.15, -0.1) is 0 Å². The molecule has 1 aromatic rings. The van der Waals surface area contributed by atoms with Gasteiger partial charge in [0.2, 0.25) is 0 Å². The second kappa shape index (κ2) is 3.69. The van der Waals surface area contributed by atoms with Crippen LogP contribution in [0.25, 0.3) is 5.53 Å². The van der Waals surface area contributed by atoms with Crippen LogP contribution in [0.4, 0.5) is 5.69 Å². The van der Waals surface area contributed by atoms with E-state index in [-0.39, 0.29) is 0 Å². The molecule has 0 aromatic heterocycles. The highest BCUT2D eigenvalue weighted by Crippen LogP contribution is 2.11. The molecule has 0 bridgehead atoms. The smallest absolute Gasteiger partial charge is 0.321 e. The summed E-state index contributed by atoms with van der Waals surface area (Å²) in [6.07, 6.45) is 1.36. The van der Waals surface area contributed by atoms with Crippen LogP contribution in [-0.2, 0) is 0 Å². The van der Waals surface area contributed by atoms with Gasteiger partial charge in [0, 0.05) is 0 Å². The average molecular weight is 161 g/mol. The normalized spacial score (nSPS) is 8.83. The minimum Gasteiger partial charge on any atom is -0.498 e. The van der Waals surface area contributed by atoms with Crippen LogP contribution in [0.1, 0.15) is 5.56 Å². The molecule has 0 N–H and O–H groups in total. The van der Waals surface area contributed by atoms with E-state index in [0.717, 1.165) is 5.69 Å². The monoisotopic (exact) mass is 161 g/mol. The topological polar surface area (TPSA) is 39.6 Å². The highest BCUT2D eigenvalue weighted by atomic mass is 15.1. The minimum atomic E-state index is 1.01. The van der Waals surface area contributed by atoms with E-state index >= 15 is 0 Å². The SMILES string of the molecule is Cc1cccc(N(C)C=[N+]=[N-])c1. The predicted molar refractivity (Wildman–Crippen MR) is 49.3 cm³/mol. The quantitative estimate of drug-likeness (QED) is 0.281. The number of aryl methyl sites for hydroxylation is 1. The van der Waals surface area contributed by atoms with Gasteiger partial charge in [-0.1, -0.05) is 12.1 Å². The first-order valence-corrected chi connectivity index (χ1v) is 3.71. The maximum atomic E-state index is 8.30. The molecule has 0 heterocycles. The van der Waals surface area contributed by atoms with Gasteiger partial charge in [-0.2, -0.15) is 0 Å². The molecule has 3 heteroatoms. The molecular weight excluding hydrogens is 150 g/mol. The van der Waals surface area contributed by atoms with E-state index in [1.54, 1.807) is 4.90 Å². The van der Waals surface area contributed by atoms with Gasteiger partial charge >= 0.3 is 6.34 Å². The van der Waals surface area contributed by atoms with Crippen LogP contribution < -0.4 is 4.90 Å². The number of nitrogens with zero attached hydrogens (tertiary/aromatic N) is 3. The third kappa shape index (κ3) is 1.94. The van der Waals surface area contributed by atoms with Gasteiger partial charge in [0.1, 0.15) is 5.69 Å². The average Bonchev–Trinajstić information content (AvgIpc) is 2.05. The first kappa shape index (κ1) is 8.50. The second-order valence-corrected chi connectivity index (χ2v) is 2.68. The summed E-state index contributed by atoms with van der Waals surface area (Å²) < 4.78 is 0. The van der Waals surface area contributed by atoms with E-state index in [9.17, 15) is 0 Å². The molecule has 0 saturated heterocycles. The van der Waals surface area contributed by atoms with Crippen LogP contribution in [-0.4, -0.2) is 18.2 Å². The van der Waals surface area contributed by atoms with Gasteiger partial charge in [0.25, 0.3) is 0 Å². The number of hydrogen-bond donors (Lipinski definition) is 0. The fourth-order valence-corrected chi connectivity index (χ4v) is 0.991. The lowest BCUT2D eigenvalue weighted by Crippen LogP contribution is -2.14. The molecule has 0 aliphatic rings. The highest BCUT2D eigenvalue weighted by Gasteiger charge is 2.02. The summed E-state index contributed by atoms with van der Waals surface area (Å²) in [6, 6.07) is 7.95. The molecule has 0 saturated carbocycles. The van der Waals surface area contributed by atoms with Crippen LogP contribution in [0.5, 0.6) is 0 Å². The Morgan fingerprint density at radius 3 is 2.83 bits per heavy atom. The Bertz CT molecular complexity index is 313. The van der Waals surface area contributed by atoms with Crippen LogP contribution in [0.15, 0.2) is 24.3 Å². The molecule has 0 aliphatic heterocycles. The molecule has 3 nitrogen and oxygen atoms in total. The lowest BCUT2D eigenvalue weighted by atomic mass is 10.2. The number of benzene rings is 1. The van der Waals surface area contributed by atoms with Gasteiger partial charge in [-0.05, 0) is 24.6 Å². The Kier molecular flexibility index (Phi) is 2.62. The van der Waals surface area contributed by atoms with Crippen molar-refractivity contribution in [3.05, 3.63) is 35.4 Å². The largest absolute Gasteiger partial charge is 0.498 e. The second-order valence-electron chi connectivity index (χ2n) is 2.68. The molecular formula is C9H11N3. The van der Waals surface area contributed by atoms with Crippen molar-refractivity contribution in [3.8, 4) is 0 Å².